The van der Waals surface area contributed by atoms with Crippen LogP contribution in [0.4, 0.5) is 0 Å². The van der Waals surface area contributed by atoms with E-state index >= 15 is 0 Å². The number of hydrazone groups is 1. The van der Waals surface area contributed by atoms with Gasteiger partial charge in [-0.15, -0.1) is 0 Å². The SMILES string of the molecule is N#Cc1ccc(C=NNC(=S)NCCc2ccccc2)cc1. The van der Waals surface area contributed by atoms with Gasteiger partial charge in [0.25, 0.3) is 0 Å². The molecule has 0 saturated carbocycles. The minimum absolute atomic E-state index is 0.487. The smallest absolute Gasteiger partial charge is 0.186 e. The Bertz CT molecular complexity index is 672. The molecule has 110 valence electrons. The fourth-order valence-corrected chi connectivity index (χ4v) is 1.97. The summed E-state index contributed by atoms with van der Waals surface area (Å²) in [5, 5.41) is 16.4. The molecule has 2 N–H and O–H groups in total. The molecule has 0 aliphatic heterocycles. The van der Waals surface area contributed by atoms with Gasteiger partial charge < -0.3 is 5.32 Å². The van der Waals surface area contributed by atoms with Crippen molar-refractivity contribution in [3.63, 3.8) is 0 Å². The molecule has 0 aromatic heterocycles. The Hall–Kier alpha value is -2.71. The Morgan fingerprint density at radius 2 is 1.86 bits per heavy atom. The van der Waals surface area contributed by atoms with Gasteiger partial charge in [-0.25, -0.2) is 0 Å². The van der Waals surface area contributed by atoms with E-state index in [-0.39, 0.29) is 0 Å². The summed E-state index contributed by atoms with van der Waals surface area (Å²) in [6.07, 6.45) is 2.56. The van der Waals surface area contributed by atoms with Crippen molar-refractivity contribution in [2.75, 3.05) is 6.54 Å². The largest absolute Gasteiger partial charge is 0.361 e. The summed E-state index contributed by atoms with van der Waals surface area (Å²) in [4.78, 5) is 0. The molecule has 0 bridgehead atoms. The zero-order chi connectivity index (χ0) is 15.6. The highest BCUT2D eigenvalue weighted by molar-refractivity contribution is 7.80. The third-order valence-electron chi connectivity index (χ3n) is 2.96. The van der Waals surface area contributed by atoms with Gasteiger partial charge in [0.2, 0.25) is 0 Å². The quantitative estimate of drug-likeness (QED) is 0.506. The molecule has 0 fully saturated rings. The number of hydrogen-bond donors (Lipinski definition) is 2. The standard InChI is InChI=1S/C17H16N4S/c18-12-15-6-8-16(9-7-15)13-20-21-17(22)19-11-10-14-4-2-1-3-5-14/h1-9,13H,10-11H2,(H2,19,21,22). The molecule has 0 radical (unpaired) electrons. The van der Waals surface area contributed by atoms with E-state index in [2.05, 4.69) is 34.0 Å². The van der Waals surface area contributed by atoms with Crippen LogP contribution in [0, 0.1) is 11.3 Å². The highest BCUT2D eigenvalue weighted by Gasteiger charge is 1.95. The fraction of sp³-hybridized carbons (Fsp3) is 0.118. The van der Waals surface area contributed by atoms with E-state index in [1.54, 1.807) is 18.3 Å². The lowest BCUT2D eigenvalue weighted by Crippen LogP contribution is -2.33. The van der Waals surface area contributed by atoms with Crippen LogP contribution >= 0.6 is 12.2 Å². The summed E-state index contributed by atoms with van der Waals surface area (Å²) in [7, 11) is 0. The molecule has 0 amide bonds. The first kappa shape index (κ1) is 15.7. The van der Waals surface area contributed by atoms with Crippen molar-refractivity contribution in [3.8, 4) is 6.07 Å². The van der Waals surface area contributed by atoms with Crippen molar-refractivity contribution in [3.05, 3.63) is 71.3 Å². The Labute approximate surface area is 135 Å². The van der Waals surface area contributed by atoms with Crippen LogP contribution in [0.2, 0.25) is 0 Å². The second-order valence-corrected chi connectivity index (χ2v) is 5.00. The molecule has 0 aliphatic rings. The van der Waals surface area contributed by atoms with Gasteiger partial charge in [0, 0.05) is 6.54 Å². The lowest BCUT2D eigenvalue weighted by Gasteiger charge is -2.06. The molecule has 22 heavy (non-hydrogen) atoms. The maximum absolute atomic E-state index is 8.72. The predicted molar refractivity (Wildman–Crippen MR) is 92.6 cm³/mol. The maximum Gasteiger partial charge on any atom is 0.186 e. The van der Waals surface area contributed by atoms with Gasteiger partial charge >= 0.3 is 0 Å². The summed E-state index contributed by atoms with van der Waals surface area (Å²) < 4.78 is 0. The minimum Gasteiger partial charge on any atom is -0.361 e. The molecule has 0 heterocycles. The average molecular weight is 308 g/mol. The lowest BCUT2D eigenvalue weighted by atomic mass is 10.1. The third-order valence-corrected chi connectivity index (χ3v) is 3.20. The molecule has 0 saturated heterocycles. The number of thiocarbonyl (C=S) groups is 1. The summed E-state index contributed by atoms with van der Waals surface area (Å²) >= 11 is 5.15. The van der Waals surface area contributed by atoms with E-state index in [1.807, 2.05) is 30.3 Å². The molecule has 0 spiro atoms. The molecule has 2 aromatic carbocycles. The monoisotopic (exact) mass is 308 g/mol. The van der Waals surface area contributed by atoms with Crippen LogP contribution in [0.1, 0.15) is 16.7 Å². The summed E-state index contributed by atoms with van der Waals surface area (Å²) in [5.41, 5.74) is 5.56. The molecular formula is C17H16N4S. The number of benzene rings is 2. The molecule has 2 aromatic rings. The number of nitriles is 1. The second kappa shape index (κ2) is 8.55. The van der Waals surface area contributed by atoms with Crippen LogP contribution in [-0.2, 0) is 6.42 Å². The maximum atomic E-state index is 8.72. The van der Waals surface area contributed by atoms with Crippen LogP contribution in [0.15, 0.2) is 59.7 Å². The minimum atomic E-state index is 0.487. The van der Waals surface area contributed by atoms with Crippen molar-refractivity contribution in [2.45, 2.75) is 6.42 Å². The first-order chi connectivity index (χ1) is 10.8. The Morgan fingerprint density at radius 1 is 1.14 bits per heavy atom. The Morgan fingerprint density at radius 3 is 2.55 bits per heavy atom. The van der Waals surface area contributed by atoms with E-state index in [1.165, 1.54) is 5.56 Å². The average Bonchev–Trinajstić information content (AvgIpc) is 2.56. The van der Waals surface area contributed by atoms with E-state index in [4.69, 9.17) is 17.5 Å². The van der Waals surface area contributed by atoms with Gasteiger partial charge in [-0.1, -0.05) is 42.5 Å². The zero-order valence-electron chi connectivity index (χ0n) is 12.0. The highest BCUT2D eigenvalue weighted by atomic mass is 32.1. The molecule has 0 aliphatic carbocycles. The Kier molecular flexibility index (Phi) is 6.09. The van der Waals surface area contributed by atoms with Gasteiger partial charge in [-0.2, -0.15) is 10.4 Å². The first-order valence-corrected chi connectivity index (χ1v) is 7.30. The van der Waals surface area contributed by atoms with Crippen molar-refractivity contribution in [2.24, 2.45) is 5.10 Å². The van der Waals surface area contributed by atoms with Crippen LogP contribution in [0.3, 0.4) is 0 Å². The van der Waals surface area contributed by atoms with Crippen LogP contribution < -0.4 is 10.7 Å². The van der Waals surface area contributed by atoms with Gasteiger partial charge in [0.05, 0.1) is 17.8 Å². The lowest BCUT2D eigenvalue weighted by molar-refractivity contribution is 0.838. The van der Waals surface area contributed by atoms with E-state index in [0.29, 0.717) is 10.7 Å². The zero-order valence-corrected chi connectivity index (χ0v) is 12.8. The predicted octanol–water partition coefficient (Wildman–Crippen LogP) is 2.60. The second-order valence-electron chi connectivity index (χ2n) is 4.60. The van der Waals surface area contributed by atoms with Crippen molar-refractivity contribution < 1.29 is 0 Å². The topological polar surface area (TPSA) is 60.2 Å². The Balaban J connectivity index is 1.70. The molecule has 2 rings (SSSR count). The van der Waals surface area contributed by atoms with E-state index < -0.39 is 0 Å². The third kappa shape index (κ3) is 5.35. The molecule has 5 heteroatoms. The van der Waals surface area contributed by atoms with Crippen molar-refractivity contribution >= 4 is 23.5 Å². The normalized spacial score (nSPS) is 10.1. The molecule has 4 nitrogen and oxygen atoms in total. The number of hydrogen-bond acceptors (Lipinski definition) is 3. The summed E-state index contributed by atoms with van der Waals surface area (Å²) in [5.74, 6) is 0. The molecule has 0 atom stereocenters. The van der Waals surface area contributed by atoms with Crippen molar-refractivity contribution in [1.29, 1.82) is 5.26 Å². The van der Waals surface area contributed by atoms with Crippen LogP contribution in [-0.4, -0.2) is 17.9 Å². The molecular weight excluding hydrogens is 292 g/mol. The van der Waals surface area contributed by atoms with Gasteiger partial charge in [0.1, 0.15) is 0 Å². The summed E-state index contributed by atoms with van der Waals surface area (Å²) in [6.45, 7) is 0.752. The first-order valence-electron chi connectivity index (χ1n) is 6.89. The van der Waals surface area contributed by atoms with Gasteiger partial charge in [-0.05, 0) is 41.9 Å². The van der Waals surface area contributed by atoms with E-state index in [9.17, 15) is 0 Å². The fourth-order valence-electron chi connectivity index (χ4n) is 1.81. The number of rotatable bonds is 5. The van der Waals surface area contributed by atoms with Gasteiger partial charge in [0.15, 0.2) is 5.11 Å². The van der Waals surface area contributed by atoms with Crippen LogP contribution in [0.25, 0.3) is 0 Å². The van der Waals surface area contributed by atoms with Crippen LogP contribution in [0.5, 0.6) is 0 Å². The molecule has 0 unspecified atom stereocenters. The summed E-state index contributed by atoms with van der Waals surface area (Å²) in [6, 6.07) is 19.4. The van der Waals surface area contributed by atoms with Crippen molar-refractivity contribution in [1.82, 2.24) is 10.7 Å². The van der Waals surface area contributed by atoms with Gasteiger partial charge in [-0.3, -0.25) is 5.43 Å². The number of nitrogens with zero attached hydrogens (tertiary/aromatic N) is 2. The van der Waals surface area contributed by atoms with E-state index in [0.717, 1.165) is 18.5 Å². The highest BCUT2D eigenvalue weighted by Crippen LogP contribution is 2.00. The number of nitrogens with one attached hydrogen (secondary N) is 2.